The Morgan fingerprint density at radius 2 is 1.74 bits per heavy atom. The summed E-state index contributed by atoms with van der Waals surface area (Å²) < 4.78 is 31.9. The summed E-state index contributed by atoms with van der Waals surface area (Å²) in [5.74, 6) is 0.498. The van der Waals surface area contributed by atoms with E-state index >= 15 is 0 Å². The van der Waals surface area contributed by atoms with Crippen LogP contribution in [0.4, 0.5) is 10.5 Å². The normalized spacial score (nSPS) is 15.4. The summed E-state index contributed by atoms with van der Waals surface area (Å²) in [5.41, 5.74) is 0.467. The lowest BCUT2D eigenvalue weighted by atomic mass is 10.3. The van der Waals surface area contributed by atoms with Gasteiger partial charge in [-0.25, -0.2) is 13.2 Å². The lowest BCUT2D eigenvalue weighted by molar-refractivity contribution is 0.184. The summed E-state index contributed by atoms with van der Waals surface area (Å²) in [6.45, 7) is 1.05. The van der Waals surface area contributed by atoms with Crippen molar-refractivity contribution < 1.29 is 17.9 Å². The van der Waals surface area contributed by atoms with Gasteiger partial charge in [0.25, 0.3) is 0 Å². The average Bonchev–Trinajstić information content (AvgIpc) is 2.69. The van der Waals surface area contributed by atoms with Crippen LogP contribution in [0, 0.1) is 0 Å². The van der Waals surface area contributed by atoms with Gasteiger partial charge in [-0.2, -0.15) is 4.31 Å². The van der Waals surface area contributed by atoms with Crippen LogP contribution >= 0.6 is 11.6 Å². The van der Waals surface area contributed by atoms with E-state index in [1.54, 1.807) is 53.4 Å². The lowest BCUT2D eigenvalue weighted by Crippen LogP contribution is -2.51. The first-order chi connectivity index (χ1) is 12.9. The summed E-state index contributed by atoms with van der Waals surface area (Å²) in [6.07, 6.45) is 0. The van der Waals surface area contributed by atoms with Gasteiger partial charge in [-0.3, -0.25) is 0 Å². The van der Waals surface area contributed by atoms with Gasteiger partial charge in [0.1, 0.15) is 5.75 Å². The van der Waals surface area contributed by atoms with E-state index in [-0.39, 0.29) is 24.0 Å². The summed E-state index contributed by atoms with van der Waals surface area (Å²) in [5, 5.41) is 3.24. The minimum atomic E-state index is -3.55. The molecule has 2 aromatic rings. The Bertz CT molecular complexity index is 913. The number of amides is 2. The van der Waals surface area contributed by atoms with E-state index in [1.165, 1.54) is 11.4 Å². The third-order valence-corrected chi connectivity index (χ3v) is 6.46. The molecule has 1 N–H and O–H groups in total. The number of sulfonamides is 1. The van der Waals surface area contributed by atoms with Crippen molar-refractivity contribution in [1.29, 1.82) is 0 Å². The Morgan fingerprint density at radius 3 is 2.37 bits per heavy atom. The number of ether oxygens (including phenoxy) is 1. The Kier molecular flexibility index (Phi) is 5.88. The molecule has 0 unspecified atom stereocenters. The zero-order chi connectivity index (χ0) is 19.4. The Balaban J connectivity index is 1.64. The number of benzene rings is 2. The molecule has 1 aliphatic rings. The second kappa shape index (κ2) is 8.16. The zero-order valence-corrected chi connectivity index (χ0v) is 16.3. The maximum absolute atomic E-state index is 12.7. The zero-order valence-electron chi connectivity index (χ0n) is 14.8. The molecule has 1 fully saturated rings. The molecule has 0 radical (unpaired) electrons. The number of anilines is 1. The fourth-order valence-electron chi connectivity index (χ4n) is 2.85. The van der Waals surface area contributed by atoms with Gasteiger partial charge in [0, 0.05) is 31.2 Å². The summed E-state index contributed by atoms with van der Waals surface area (Å²) >= 11 is 5.98. The molecule has 0 aliphatic carbocycles. The van der Waals surface area contributed by atoms with Crippen molar-refractivity contribution in [1.82, 2.24) is 9.21 Å². The second-order valence-corrected chi connectivity index (χ2v) is 8.35. The molecule has 2 amide bonds. The van der Waals surface area contributed by atoms with E-state index in [0.717, 1.165) is 0 Å². The molecule has 0 aromatic heterocycles. The van der Waals surface area contributed by atoms with Crippen molar-refractivity contribution in [3.63, 3.8) is 0 Å². The molecule has 7 nitrogen and oxygen atoms in total. The molecule has 0 saturated carbocycles. The van der Waals surface area contributed by atoms with Crippen LogP contribution in [0.1, 0.15) is 0 Å². The van der Waals surface area contributed by atoms with E-state index in [0.29, 0.717) is 29.5 Å². The van der Waals surface area contributed by atoms with Crippen molar-refractivity contribution in [3.05, 3.63) is 53.6 Å². The largest absolute Gasteiger partial charge is 0.495 e. The molecule has 27 heavy (non-hydrogen) atoms. The SMILES string of the molecule is COc1ccc(Cl)cc1NC(=O)N1CCN(S(=O)(=O)c2ccccc2)CC1. The Labute approximate surface area is 163 Å². The van der Waals surface area contributed by atoms with Gasteiger partial charge in [-0.05, 0) is 30.3 Å². The highest BCUT2D eigenvalue weighted by Crippen LogP contribution is 2.28. The fraction of sp³-hybridized carbons (Fsp3) is 0.278. The van der Waals surface area contributed by atoms with E-state index in [2.05, 4.69) is 5.32 Å². The Morgan fingerprint density at radius 1 is 1.07 bits per heavy atom. The number of hydrogen-bond donors (Lipinski definition) is 1. The first kappa shape index (κ1) is 19.5. The number of hydrogen-bond acceptors (Lipinski definition) is 4. The van der Waals surface area contributed by atoms with Crippen LogP contribution in [0.15, 0.2) is 53.4 Å². The number of methoxy groups -OCH3 is 1. The molecule has 2 aromatic carbocycles. The van der Waals surface area contributed by atoms with Crippen LogP contribution in [0.25, 0.3) is 0 Å². The molecule has 1 saturated heterocycles. The van der Waals surface area contributed by atoms with Crippen molar-refractivity contribution >= 4 is 33.3 Å². The van der Waals surface area contributed by atoms with Crippen LogP contribution in [0.2, 0.25) is 5.02 Å². The number of piperazine rings is 1. The second-order valence-electron chi connectivity index (χ2n) is 5.98. The molecule has 1 aliphatic heterocycles. The molecule has 3 rings (SSSR count). The summed E-state index contributed by atoms with van der Waals surface area (Å²) in [4.78, 5) is 14.3. The number of nitrogens with zero attached hydrogens (tertiary/aromatic N) is 2. The monoisotopic (exact) mass is 409 g/mol. The topological polar surface area (TPSA) is 79.0 Å². The molecule has 144 valence electrons. The number of halogens is 1. The maximum Gasteiger partial charge on any atom is 0.322 e. The van der Waals surface area contributed by atoms with Crippen molar-refractivity contribution in [2.24, 2.45) is 0 Å². The third-order valence-electron chi connectivity index (χ3n) is 4.31. The highest BCUT2D eigenvalue weighted by atomic mass is 35.5. The highest BCUT2D eigenvalue weighted by Gasteiger charge is 2.30. The predicted molar refractivity (Wildman–Crippen MR) is 104 cm³/mol. The number of carbonyl (C=O) groups is 1. The number of nitrogens with one attached hydrogen (secondary N) is 1. The standard InChI is InChI=1S/C18H20ClN3O4S/c1-26-17-8-7-14(19)13-16(17)20-18(23)21-9-11-22(12-10-21)27(24,25)15-5-3-2-4-6-15/h2-8,13H,9-12H2,1H3,(H,20,23). The predicted octanol–water partition coefficient (Wildman–Crippen LogP) is 2.89. The van der Waals surface area contributed by atoms with E-state index < -0.39 is 10.0 Å². The van der Waals surface area contributed by atoms with E-state index in [1.807, 2.05) is 0 Å². The van der Waals surface area contributed by atoms with E-state index in [4.69, 9.17) is 16.3 Å². The minimum absolute atomic E-state index is 0.233. The average molecular weight is 410 g/mol. The maximum atomic E-state index is 12.7. The molecular formula is C18H20ClN3O4S. The first-order valence-electron chi connectivity index (χ1n) is 8.36. The quantitative estimate of drug-likeness (QED) is 0.842. The Hall–Kier alpha value is -2.29. The van der Waals surface area contributed by atoms with Crippen molar-refractivity contribution in [3.8, 4) is 5.75 Å². The van der Waals surface area contributed by atoms with Crippen LogP contribution in [-0.2, 0) is 10.0 Å². The minimum Gasteiger partial charge on any atom is -0.495 e. The highest BCUT2D eigenvalue weighted by molar-refractivity contribution is 7.89. The van der Waals surface area contributed by atoms with Crippen LogP contribution < -0.4 is 10.1 Å². The fourth-order valence-corrected chi connectivity index (χ4v) is 4.46. The van der Waals surface area contributed by atoms with Gasteiger partial charge in [0.05, 0.1) is 17.7 Å². The first-order valence-corrected chi connectivity index (χ1v) is 10.2. The van der Waals surface area contributed by atoms with Crippen LogP contribution in [0.3, 0.4) is 0 Å². The van der Waals surface area contributed by atoms with Gasteiger partial charge < -0.3 is 15.0 Å². The molecule has 1 heterocycles. The smallest absolute Gasteiger partial charge is 0.322 e. The summed E-state index contributed by atoms with van der Waals surface area (Å²) in [6, 6.07) is 12.9. The van der Waals surface area contributed by atoms with E-state index in [9.17, 15) is 13.2 Å². The van der Waals surface area contributed by atoms with Crippen molar-refractivity contribution in [2.75, 3.05) is 38.6 Å². The van der Waals surface area contributed by atoms with Crippen LogP contribution in [0.5, 0.6) is 5.75 Å². The molecular weight excluding hydrogens is 390 g/mol. The van der Waals surface area contributed by atoms with Crippen molar-refractivity contribution in [2.45, 2.75) is 4.90 Å². The number of rotatable bonds is 4. The number of carbonyl (C=O) groups excluding carboxylic acids is 1. The van der Waals surface area contributed by atoms with Gasteiger partial charge in [0.2, 0.25) is 10.0 Å². The molecule has 0 spiro atoms. The van der Waals surface area contributed by atoms with Gasteiger partial charge in [-0.15, -0.1) is 0 Å². The molecule has 9 heteroatoms. The van der Waals surface area contributed by atoms with Gasteiger partial charge in [-0.1, -0.05) is 29.8 Å². The molecule has 0 atom stereocenters. The molecule has 0 bridgehead atoms. The number of urea groups is 1. The summed E-state index contributed by atoms with van der Waals surface area (Å²) in [7, 11) is -2.04. The lowest BCUT2D eigenvalue weighted by Gasteiger charge is -2.34. The van der Waals surface area contributed by atoms with Gasteiger partial charge in [0.15, 0.2) is 0 Å². The third kappa shape index (κ3) is 4.35. The van der Waals surface area contributed by atoms with Gasteiger partial charge >= 0.3 is 6.03 Å². The van der Waals surface area contributed by atoms with Crippen LogP contribution in [-0.4, -0.2) is 56.9 Å².